The van der Waals surface area contributed by atoms with Crippen LogP contribution in [0.1, 0.15) is 10.4 Å². The third-order valence-corrected chi connectivity index (χ3v) is 4.50. The van der Waals surface area contributed by atoms with Gasteiger partial charge in [-0.15, -0.1) is 0 Å². The predicted octanol–water partition coefficient (Wildman–Crippen LogP) is 1.41. The molecular formula is C13H8ClN2O6S-. The lowest BCUT2D eigenvalue weighted by molar-refractivity contribution is -0.384. The Morgan fingerprint density at radius 1 is 1.13 bits per heavy atom. The number of nitrogens with one attached hydrogen (secondary N) is 1. The van der Waals surface area contributed by atoms with E-state index in [1.165, 1.54) is 12.1 Å². The third-order valence-electron chi connectivity index (χ3n) is 2.80. The SMILES string of the molecule is O=C([O-])c1ccc(NS(=O)(=O)c2ccc(Cl)c([N+](=O)[O-])c2)cc1. The molecule has 0 amide bonds. The summed E-state index contributed by atoms with van der Waals surface area (Å²) in [7, 11) is -4.10. The quantitative estimate of drug-likeness (QED) is 0.637. The van der Waals surface area contributed by atoms with Gasteiger partial charge in [-0.25, -0.2) is 8.42 Å². The minimum Gasteiger partial charge on any atom is -0.545 e. The average Bonchev–Trinajstić information content (AvgIpc) is 2.47. The van der Waals surface area contributed by atoms with Gasteiger partial charge < -0.3 is 9.90 Å². The van der Waals surface area contributed by atoms with Crippen molar-refractivity contribution in [3.63, 3.8) is 0 Å². The lowest BCUT2D eigenvalue weighted by atomic mass is 10.2. The van der Waals surface area contributed by atoms with Crippen molar-refractivity contribution in [2.24, 2.45) is 0 Å². The smallest absolute Gasteiger partial charge is 0.289 e. The van der Waals surface area contributed by atoms with Crippen LogP contribution < -0.4 is 9.83 Å². The molecular weight excluding hydrogens is 348 g/mol. The van der Waals surface area contributed by atoms with E-state index in [0.717, 1.165) is 30.3 Å². The fourth-order valence-corrected chi connectivity index (χ4v) is 2.95. The second-order valence-corrected chi connectivity index (χ2v) is 6.43. The number of nitrogens with zero attached hydrogens (tertiary/aromatic N) is 1. The monoisotopic (exact) mass is 355 g/mol. The molecule has 23 heavy (non-hydrogen) atoms. The van der Waals surface area contributed by atoms with Gasteiger partial charge in [0.1, 0.15) is 5.02 Å². The molecule has 0 saturated heterocycles. The minimum atomic E-state index is -4.10. The maximum absolute atomic E-state index is 12.2. The maximum atomic E-state index is 12.2. The van der Waals surface area contributed by atoms with Crippen LogP contribution in [0.15, 0.2) is 47.4 Å². The molecule has 120 valence electrons. The van der Waals surface area contributed by atoms with E-state index in [-0.39, 0.29) is 21.2 Å². The van der Waals surface area contributed by atoms with E-state index in [0.29, 0.717) is 0 Å². The Labute approximate surface area is 135 Å². The zero-order valence-electron chi connectivity index (χ0n) is 11.2. The number of aromatic carboxylic acids is 1. The Kier molecular flexibility index (Phi) is 4.52. The lowest BCUT2D eigenvalue weighted by Gasteiger charge is -2.09. The molecule has 0 radical (unpaired) electrons. The molecule has 0 heterocycles. The van der Waals surface area contributed by atoms with Crippen LogP contribution in [0.3, 0.4) is 0 Å². The summed E-state index contributed by atoms with van der Waals surface area (Å²) in [6.07, 6.45) is 0. The zero-order valence-corrected chi connectivity index (χ0v) is 12.8. The molecule has 0 atom stereocenters. The van der Waals surface area contributed by atoms with Gasteiger partial charge in [-0.3, -0.25) is 14.8 Å². The number of halogens is 1. The van der Waals surface area contributed by atoms with Gasteiger partial charge in [0.2, 0.25) is 0 Å². The summed E-state index contributed by atoms with van der Waals surface area (Å²) in [5.41, 5.74) is -0.565. The minimum absolute atomic E-state index is 0.0904. The Balaban J connectivity index is 2.33. The topological polar surface area (TPSA) is 129 Å². The number of benzene rings is 2. The number of nitro groups is 1. The first kappa shape index (κ1) is 16.7. The van der Waals surface area contributed by atoms with Gasteiger partial charge in [0, 0.05) is 11.8 Å². The van der Waals surface area contributed by atoms with Crippen LogP contribution in [0.4, 0.5) is 11.4 Å². The summed E-state index contributed by atoms with van der Waals surface area (Å²) < 4.78 is 26.6. The number of sulfonamides is 1. The number of carboxylic acids is 1. The molecule has 0 aliphatic rings. The highest BCUT2D eigenvalue weighted by atomic mass is 35.5. The van der Waals surface area contributed by atoms with Crippen molar-refractivity contribution in [3.8, 4) is 0 Å². The van der Waals surface area contributed by atoms with E-state index < -0.39 is 26.6 Å². The summed E-state index contributed by atoms with van der Waals surface area (Å²) in [6, 6.07) is 7.84. The Morgan fingerprint density at radius 3 is 2.26 bits per heavy atom. The molecule has 0 aliphatic carbocycles. The second kappa shape index (κ2) is 6.23. The number of hydrogen-bond donors (Lipinski definition) is 1. The highest BCUT2D eigenvalue weighted by Gasteiger charge is 2.20. The molecule has 2 aromatic carbocycles. The van der Waals surface area contributed by atoms with E-state index in [1.54, 1.807) is 0 Å². The predicted molar refractivity (Wildman–Crippen MR) is 79.7 cm³/mol. The van der Waals surface area contributed by atoms with Crippen molar-refractivity contribution >= 4 is 39.0 Å². The van der Waals surface area contributed by atoms with Gasteiger partial charge in [-0.2, -0.15) is 0 Å². The maximum Gasteiger partial charge on any atom is 0.289 e. The van der Waals surface area contributed by atoms with Crippen molar-refractivity contribution in [2.45, 2.75) is 4.90 Å². The highest BCUT2D eigenvalue weighted by Crippen LogP contribution is 2.28. The first-order chi connectivity index (χ1) is 10.7. The van der Waals surface area contributed by atoms with E-state index >= 15 is 0 Å². The van der Waals surface area contributed by atoms with Crippen molar-refractivity contribution < 1.29 is 23.2 Å². The van der Waals surface area contributed by atoms with Crippen molar-refractivity contribution in [3.05, 3.63) is 63.2 Å². The normalized spacial score (nSPS) is 11.0. The summed E-state index contributed by atoms with van der Waals surface area (Å²) in [4.78, 5) is 20.3. The van der Waals surface area contributed by atoms with Crippen LogP contribution in [0.2, 0.25) is 5.02 Å². The molecule has 8 nitrogen and oxygen atoms in total. The molecule has 0 saturated carbocycles. The molecule has 2 aromatic rings. The molecule has 0 fully saturated rings. The second-order valence-electron chi connectivity index (χ2n) is 4.34. The summed E-state index contributed by atoms with van der Waals surface area (Å²) >= 11 is 5.63. The van der Waals surface area contributed by atoms with Crippen LogP contribution >= 0.6 is 11.6 Å². The molecule has 2 rings (SSSR count). The van der Waals surface area contributed by atoms with Crippen molar-refractivity contribution in [1.29, 1.82) is 0 Å². The van der Waals surface area contributed by atoms with Crippen LogP contribution in [-0.4, -0.2) is 19.3 Å². The Hall–Kier alpha value is -2.65. The fraction of sp³-hybridized carbons (Fsp3) is 0. The van der Waals surface area contributed by atoms with Gasteiger partial charge in [0.15, 0.2) is 0 Å². The zero-order chi connectivity index (χ0) is 17.2. The Bertz CT molecular complexity index is 880. The van der Waals surface area contributed by atoms with Crippen LogP contribution in [0.25, 0.3) is 0 Å². The lowest BCUT2D eigenvalue weighted by Crippen LogP contribution is -2.22. The number of carbonyl (C=O) groups excluding carboxylic acids is 1. The number of hydrogen-bond acceptors (Lipinski definition) is 6. The number of carboxylic acid groups (broad SMARTS) is 1. The van der Waals surface area contributed by atoms with Crippen molar-refractivity contribution in [2.75, 3.05) is 4.72 Å². The van der Waals surface area contributed by atoms with E-state index in [9.17, 15) is 28.4 Å². The largest absolute Gasteiger partial charge is 0.545 e. The van der Waals surface area contributed by atoms with Crippen molar-refractivity contribution in [1.82, 2.24) is 0 Å². The first-order valence-electron chi connectivity index (χ1n) is 5.99. The summed E-state index contributed by atoms with van der Waals surface area (Å²) in [5, 5.41) is 21.2. The van der Waals surface area contributed by atoms with Crippen LogP contribution in [-0.2, 0) is 10.0 Å². The van der Waals surface area contributed by atoms with Gasteiger partial charge >= 0.3 is 0 Å². The molecule has 1 N–H and O–H groups in total. The Morgan fingerprint density at radius 2 is 1.74 bits per heavy atom. The van der Waals surface area contributed by atoms with E-state index in [1.807, 2.05) is 0 Å². The summed E-state index contributed by atoms with van der Waals surface area (Å²) in [6.45, 7) is 0. The number of nitro benzene ring substituents is 1. The van der Waals surface area contributed by atoms with Gasteiger partial charge in [0.05, 0.1) is 15.8 Å². The summed E-state index contributed by atoms with van der Waals surface area (Å²) in [5.74, 6) is -1.40. The van der Waals surface area contributed by atoms with Gasteiger partial charge in [-0.05, 0) is 29.8 Å². The molecule has 0 unspecified atom stereocenters. The standard InChI is InChI=1S/C13H9ClN2O6S/c14-11-6-5-10(7-12(11)16(19)20)23(21,22)15-9-3-1-8(2-4-9)13(17)18/h1-7,15H,(H,17,18)/p-1. The van der Waals surface area contributed by atoms with Gasteiger partial charge in [-0.1, -0.05) is 23.7 Å². The fourth-order valence-electron chi connectivity index (χ4n) is 1.69. The first-order valence-corrected chi connectivity index (χ1v) is 7.85. The average molecular weight is 356 g/mol. The molecule has 0 bridgehead atoms. The van der Waals surface area contributed by atoms with Crippen LogP contribution in [0.5, 0.6) is 0 Å². The number of carbonyl (C=O) groups is 1. The molecule has 0 spiro atoms. The molecule has 10 heteroatoms. The number of rotatable bonds is 5. The molecule has 0 aliphatic heterocycles. The third kappa shape index (κ3) is 3.76. The van der Waals surface area contributed by atoms with E-state index in [2.05, 4.69) is 4.72 Å². The van der Waals surface area contributed by atoms with E-state index in [4.69, 9.17) is 11.6 Å². The van der Waals surface area contributed by atoms with Crippen LogP contribution in [0, 0.1) is 10.1 Å². The number of anilines is 1. The molecule has 0 aromatic heterocycles. The van der Waals surface area contributed by atoms with Gasteiger partial charge in [0.25, 0.3) is 15.7 Å². The highest BCUT2D eigenvalue weighted by molar-refractivity contribution is 7.92.